The lowest BCUT2D eigenvalue weighted by molar-refractivity contribution is 0.263. The minimum absolute atomic E-state index is 0.00446. The first-order valence-electron chi connectivity index (χ1n) is 7.25. The maximum atomic E-state index is 14.2. The van der Waals surface area contributed by atoms with E-state index in [1.165, 1.54) is 16.8 Å². The summed E-state index contributed by atoms with van der Waals surface area (Å²) in [5, 5.41) is 12.8. The molecule has 0 radical (unpaired) electrons. The Morgan fingerprint density at radius 2 is 2.17 bits per heavy atom. The van der Waals surface area contributed by atoms with E-state index in [0.717, 1.165) is 11.6 Å². The van der Waals surface area contributed by atoms with E-state index >= 15 is 0 Å². The van der Waals surface area contributed by atoms with Crippen molar-refractivity contribution in [3.8, 4) is 5.69 Å². The molecule has 2 N–H and O–H groups in total. The lowest BCUT2D eigenvalue weighted by Crippen LogP contribution is -2.29. The van der Waals surface area contributed by atoms with E-state index in [2.05, 4.69) is 9.82 Å². The van der Waals surface area contributed by atoms with Gasteiger partial charge < -0.3 is 5.11 Å². The summed E-state index contributed by atoms with van der Waals surface area (Å²) in [6, 6.07) is 3.70. The number of rotatable bonds is 7. The third kappa shape index (κ3) is 4.37. The van der Waals surface area contributed by atoms with E-state index in [1.807, 2.05) is 13.8 Å². The van der Waals surface area contributed by atoms with Crippen molar-refractivity contribution in [1.82, 2.24) is 14.5 Å². The zero-order valence-corrected chi connectivity index (χ0v) is 13.8. The van der Waals surface area contributed by atoms with Gasteiger partial charge in [0, 0.05) is 19.3 Å². The van der Waals surface area contributed by atoms with Crippen LogP contribution >= 0.6 is 0 Å². The van der Waals surface area contributed by atoms with Gasteiger partial charge in [-0.05, 0) is 43.0 Å². The van der Waals surface area contributed by atoms with Crippen molar-refractivity contribution in [3.05, 3.63) is 42.0 Å². The number of hydrogen-bond donors (Lipinski definition) is 2. The topological polar surface area (TPSA) is 84.2 Å². The van der Waals surface area contributed by atoms with Crippen LogP contribution in [0.1, 0.15) is 18.9 Å². The Hall–Kier alpha value is -1.77. The molecular formula is C15H20FN3O3S. The van der Waals surface area contributed by atoms with Gasteiger partial charge in [0.2, 0.25) is 10.0 Å². The van der Waals surface area contributed by atoms with Gasteiger partial charge in [0.25, 0.3) is 0 Å². The number of sulfonamides is 1. The molecule has 0 amide bonds. The Morgan fingerprint density at radius 3 is 2.74 bits per heavy atom. The zero-order chi connectivity index (χ0) is 17.0. The smallest absolute Gasteiger partial charge is 0.240 e. The number of nitrogens with zero attached hydrogens (tertiary/aromatic N) is 2. The first kappa shape index (κ1) is 17.6. The standard InChI is InChI=1S/C15H20FN3O3S/c1-11(5-6-20)9-18-23(21,22)13-3-4-15(14(16)7-13)19-10-12(2)8-17-19/h3-4,7-8,10-11,18,20H,5-6,9H2,1-2H3. The van der Waals surface area contributed by atoms with Gasteiger partial charge in [0.05, 0.1) is 11.1 Å². The molecule has 0 bridgehead atoms. The molecule has 1 aromatic heterocycles. The minimum Gasteiger partial charge on any atom is -0.396 e. The van der Waals surface area contributed by atoms with Gasteiger partial charge in [0.15, 0.2) is 0 Å². The molecular weight excluding hydrogens is 321 g/mol. The molecule has 2 rings (SSSR count). The van der Waals surface area contributed by atoms with Crippen LogP contribution < -0.4 is 4.72 Å². The number of aliphatic hydroxyl groups is 1. The van der Waals surface area contributed by atoms with E-state index in [0.29, 0.717) is 6.42 Å². The largest absolute Gasteiger partial charge is 0.396 e. The maximum Gasteiger partial charge on any atom is 0.240 e. The summed E-state index contributed by atoms with van der Waals surface area (Å²) in [5.41, 5.74) is 1.06. The summed E-state index contributed by atoms with van der Waals surface area (Å²) in [6.07, 6.45) is 3.74. The summed E-state index contributed by atoms with van der Waals surface area (Å²) in [5.74, 6) is -0.676. The van der Waals surface area contributed by atoms with Crippen LogP contribution in [0.4, 0.5) is 4.39 Å². The second-order valence-electron chi connectivity index (χ2n) is 5.54. The van der Waals surface area contributed by atoms with Gasteiger partial charge in [-0.1, -0.05) is 6.92 Å². The first-order chi connectivity index (χ1) is 10.8. The van der Waals surface area contributed by atoms with Crippen molar-refractivity contribution in [2.45, 2.75) is 25.2 Å². The molecule has 1 unspecified atom stereocenters. The Morgan fingerprint density at radius 1 is 1.43 bits per heavy atom. The van der Waals surface area contributed by atoms with Crippen LogP contribution in [0.5, 0.6) is 0 Å². The average molecular weight is 341 g/mol. The van der Waals surface area contributed by atoms with Crippen LogP contribution in [0, 0.1) is 18.7 Å². The van der Waals surface area contributed by atoms with Crippen LogP contribution in [0.2, 0.25) is 0 Å². The minimum atomic E-state index is -3.79. The number of aryl methyl sites for hydroxylation is 1. The Bertz CT molecular complexity index is 774. The number of nitrogens with one attached hydrogen (secondary N) is 1. The van der Waals surface area contributed by atoms with Crippen LogP contribution in [-0.2, 0) is 10.0 Å². The zero-order valence-electron chi connectivity index (χ0n) is 13.0. The van der Waals surface area contributed by atoms with Crippen molar-refractivity contribution in [2.75, 3.05) is 13.2 Å². The number of aromatic nitrogens is 2. The summed E-state index contributed by atoms with van der Waals surface area (Å²) in [6.45, 7) is 3.83. The van der Waals surface area contributed by atoms with E-state index in [-0.39, 0.29) is 29.7 Å². The number of halogens is 1. The normalized spacial score (nSPS) is 13.2. The van der Waals surface area contributed by atoms with Crippen molar-refractivity contribution >= 4 is 10.0 Å². The third-order valence-electron chi connectivity index (χ3n) is 3.43. The number of hydrogen-bond acceptors (Lipinski definition) is 4. The van der Waals surface area contributed by atoms with Gasteiger partial charge in [-0.3, -0.25) is 0 Å². The molecule has 6 nitrogen and oxygen atoms in total. The summed E-state index contributed by atoms with van der Waals surface area (Å²) in [4.78, 5) is -0.140. The van der Waals surface area contributed by atoms with Gasteiger partial charge in [-0.2, -0.15) is 5.10 Å². The number of benzene rings is 1. The predicted octanol–water partition coefficient (Wildman–Crippen LogP) is 1.62. The van der Waals surface area contributed by atoms with E-state index < -0.39 is 15.8 Å². The molecule has 23 heavy (non-hydrogen) atoms. The highest BCUT2D eigenvalue weighted by Gasteiger charge is 2.18. The van der Waals surface area contributed by atoms with Gasteiger partial charge in [-0.25, -0.2) is 22.2 Å². The Balaban J connectivity index is 2.19. The quantitative estimate of drug-likeness (QED) is 0.801. The molecule has 2 aromatic rings. The molecule has 0 aliphatic carbocycles. The van der Waals surface area contributed by atoms with Gasteiger partial charge in [0.1, 0.15) is 11.5 Å². The monoisotopic (exact) mass is 341 g/mol. The molecule has 1 atom stereocenters. The second kappa shape index (κ2) is 7.20. The predicted molar refractivity (Wildman–Crippen MR) is 84.3 cm³/mol. The third-order valence-corrected chi connectivity index (χ3v) is 4.85. The Labute approximate surface area is 135 Å². The molecule has 0 saturated carbocycles. The molecule has 0 aliphatic rings. The van der Waals surface area contributed by atoms with Crippen molar-refractivity contribution < 1.29 is 17.9 Å². The SMILES string of the molecule is Cc1cnn(-c2ccc(S(=O)(=O)NCC(C)CCO)cc2F)c1. The van der Waals surface area contributed by atoms with Crippen LogP contribution in [-0.4, -0.2) is 36.5 Å². The summed E-state index contributed by atoms with van der Waals surface area (Å²) in [7, 11) is -3.79. The summed E-state index contributed by atoms with van der Waals surface area (Å²) < 4.78 is 42.4. The fraction of sp³-hybridized carbons (Fsp3) is 0.400. The fourth-order valence-corrected chi connectivity index (χ4v) is 3.22. The lowest BCUT2D eigenvalue weighted by Gasteiger charge is -2.12. The van der Waals surface area contributed by atoms with E-state index in [9.17, 15) is 12.8 Å². The summed E-state index contributed by atoms with van der Waals surface area (Å²) >= 11 is 0. The second-order valence-corrected chi connectivity index (χ2v) is 7.31. The molecule has 0 aliphatic heterocycles. The molecule has 1 aromatic carbocycles. The van der Waals surface area contributed by atoms with Gasteiger partial charge in [-0.15, -0.1) is 0 Å². The van der Waals surface area contributed by atoms with E-state index in [4.69, 9.17) is 5.11 Å². The highest BCUT2D eigenvalue weighted by Crippen LogP contribution is 2.18. The average Bonchev–Trinajstić information content (AvgIpc) is 2.92. The molecule has 126 valence electrons. The highest BCUT2D eigenvalue weighted by atomic mass is 32.2. The number of aliphatic hydroxyl groups excluding tert-OH is 1. The van der Waals surface area contributed by atoms with Crippen LogP contribution in [0.25, 0.3) is 5.69 Å². The lowest BCUT2D eigenvalue weighted by atomic mass is 10.1. The molecule has 1 heterocycles. The van der Waals surface area contributed by atoms with Crippen molar-refractivity contribution in [2.24, 2.45) is 5.92 Å². The van der Waals surface area contributed by atoms with E-state index in [1.54, 1.807) is 12.4 Å². The highest BCUT2D eigenvalue weighted by molar-refractivity contribution is 7.89. The molecule has 0 spiro atoms. The van der Waals surface area contributed by atoms with Crippen molar-refractivity contribution in [1.29, 1.82) is 0 Å². The van der Waals surface area contributed by atoms with Gasteiger partial charge >= 0.3 is 0 Å². The van der Waals surface area contributed by atoms with Crippen molar-refractivity contribution in [3.63, 3.8) is 0 Å². The van der Waals surface area contributed by atoms with Crippen LogP contribution in [0.3, 0.4) is 0 Å². The first-order valence-corrected chi connectivity index (χ1v) is 8.73. The maximum absolute atomic E-state index is 14.2. The fourth-order valence-electron chi connectivity index (χ4n) is 2.04. The van der Waals surface area contributed by atoms with Crippen LogP contribution in [0.15, 0.2) is 35.5 Å². The molecule has 8 heteroatoms. The molecule has 0 fully saturated rings. The molecule has 0 saturated heterocycles. The Kier molecular flexibility index (Phi) is 5.51.